The second kappa shape index (κ2) is 4.11. The third kappa shape index (κ3) is 1.33. The average molecular weight is 292 g/mol. The van der Waals surface area contributed by atoms with Crippen LogP contribution in [0.5, 0.6) is 0 Å². The summed E-state index contributed by atoms with van der Waals surface area (Å²) in [7, 11) is 0. The van der Waals surface area contributed by atoms with E-state index in [9.17, 15) is 4.79 Å². The molecule has 2 atom stereocenters. The minimum atomic E-state index is -0.0606. The van der Waals surface area contributed by atoms with E-state index in [0.29, 0.717) is 12.5 Å². The Balaban J connectivity index is 1.89. The lowest BCUT2D eigenvalue weighted by molar-refractivity contribution is 0.0128. The average Bonchev–Trinajstić information content (AvgIpc) is 2.89. The van der Waals surface area contributed by atoms with Gasteiger partial charge in [-0.3, -0.25) is 14.3 Å². The summed E-state index contributed by atoms with van der Waals surface area (Å²) in [4.78, 5) is 15.6. The van der Waals surface area contributed by atoms with Crippen molar-refractivity contribution in [3.05, 3.63) is 48.2 Å². The molecule has 0 unspecified atom stereocenters. The molecule has 0 radical (unpaired) electrons. The van der Waals surface area contributed by atoms with Crippen molar-refractivity contribution in [1.29, 1.82) is 0 Å². The Morgan fingerprint density at radius 3 is 3.00 bits per heavy atom. The Labute approximate surface area is 130 Å². The van der Waals surface area contributed by atoms with E-state index in [1.54, 1.807) is 0 Å². The number of aromatic nitrogens is 1. The lowest BCUT2D eigenvalue weighted by Crippen LogP contribution is -2.53. The highest BCUT2D eigenvalue weighted by molar-refractivity contribution is 5.98. The molecule has 0 saturated carbocycles. The molecule has 1 fully saturated rings. The number of hydrogen-bond donors (Lipinski definition) is 0. The van der Waals surface area contributed by atoms with Crippen molar-refractivity contribution < 1.29 is 4.79 Å². The summed E-state index contributed by atoms with van der Waals surface area (Å²) < 4.78 is 2.02. The SMILES string of the molecule is C=C[C@]12CCCN3CCc4c(n(c5ccccc45)C(=O)C1)[C@H]32. The molecule has 1 saturated heterocycles. The van der Waals surface area contributed by atoms with Gasteiger partial charge in [-0.15, -0.1) is 6.58 Å². The van der Waals surface area contributed by atoms with E-state index in [0.717, 1.165) is 31.4 Å². The fourth-order valence-corrected chi connectivity index (χ4v) is 5.16. The second-order valence-electron chi connectivity index (χ2n) is 7.02. The number of rotatable bonds is 1. The maximum Gasteiger partial charge on any atom is 0.232 e. The van der Waals surface area contributed by atoms with Gasteiger partial charge in [0.1, 0.15) is 0 Å². The largest absolute Gasteiger partial charge is 0.294 e. The van der Waals surface area contributed by atoms with Gasteiger partial charge in [0.15, 0.2) is 0 Å². The lowest BCUT2D eigenvalue weighted by Gasteiger charge is -2.53. The highest BCUT2D eigenvalue weighted by Gasteiger charge is 2.52. The van der Waals surface area contributed by atoms with Crippen LogP contribution in [0.2, 0.25) is 0 Å². The Kier molecular flexibility index (Phi) is 2.36. The smallest absolute Gasteiger partial charge is 0.232 e. The highest BCUT2D eigenvalue weighted by atomic mass is 16.2. The summed E-state index contributed by atoms with van der Waals surface area (Å²) in [5.74, 6) is 0.248. The van der Waals surface area contributed by atoms with Crippen molar-refractivity contribution in [2.24, 2.45) is 5.41 Å². The number of hydrogen-bond acceptors (Lipinski definition) is 2. The molecular weight excluding hydrogens is 272 g/mol. The first-order valence-electron chi connectivity index (χ1n) is 8.28. The Morgan fingerprint density at radius 2 is 2.14 bits per heavy atom. The molecule has 0 bridgehead atoms. The van der Waals surface area contributed by atoms with Crippen molar-refractivity contribution in [2.75, 3.05) is 13.1 Å². The number of carbonyl (C=O) groups is 1. The number of para-hydroxylation sites is 1. The first-order chi connectivity index (χ1) is 10.7. The zero-order valence-corrected chi connectivity index (χ0v) is 12.7. The molecule has 3 heteroatoms. The van der Waals surface area contributed by atoms with Crippen molar-refractivity contribution in [1.82, 2.24) is 9.47 Å². The standard InChI is InChI=1S/C19H20N2O/c1-2-19-9-5-10-20-11-8-14-13-6-3-4-7-15(13)21(16(22)12-19)17(14)18(19)20/h2-4,6-7,18H,1,5,8-12H2/t18-,19-/m0/s1. The van der Waals surface area contributed by atoms with Crippen LogP contribution in [0.4, 0.5) is 0 Å². The third-order valence-corrected chi connectivity index (χ3v) is 6.06. The predicted octanol–water partition coefficient (Wildman–Crippen LogP) is 3.55. The Bertz CT molecular complexity index is 818. The van der Waals surface area contributed by atoms with E-state index in [1.165, 1.54) is 23.1 Å². The second-order valence-corrected chi connectivity index (χ2v) is 7.02. The minimum absolute atomic E-state index is 0.0606. The van der Waals surface area contributed by atoms with E-state index < -0.39 is 0 Å². The number of carbonyl (C=O) groups excluding carboxylic acids is 1. The van der Waals surface area contributed by atoms with Crippen LogP contribution in [-0.2, 0) is 6.42 Å². The fraction of sp³-hybridized carbons (Fsp3) is 0.421. The van der Waals surface area contributed by atoms with E-state index in [1.807, 2.05) is 10.6 Å². The fourth-order valence-electron chi connectivity index (χ4n) is 5.16. The van der Waals surface area contributed by atoms with Crippen molar-refractivity contribution >= 4 is 16.8 Å². The van der Waals surface area contributed by atoms with Crippen molar-refractivity contribution in [3.8, 4) is 0 Å². The van der Waals surface area contributed by atoms with Crippen molar-refractivity contribution in [2.45, 2.75) is 31.7 Å². The molecule has 3 aliphatic rings. The van der Waals surface area contributed by atoms with Gasteiger partial charge in [-0.1, -0.05) is 24.3 Å². The summed E-state index contributed by atoms with van der Waals surface area (Å²) in [5, 5.41) is 1.27. The molecule has 0 amide bonds. The van der Waals surface area contributed by atoms with Gasteiger partial charge in [0, 0.05) is 29.5 Å². The first-order valence-corrected chi connectivity index (χ1v) is 8.28. The summed E-state index contributed by atoms with van der Waals surface area (Å²) in [6.07, 6.45) is 6.00. The van der Waals surface area contributed by atoms with E-state index in [2.05, 4.69) is 35.8 Å². The third-order valence-electron chi connectivity index (χ3n) is 6.06. The van der Waals surface area contributed by atoms with Crippen molar-refractivity contribution in [3.63, 3.8) is 0 Å². The summed E-state index contributed by atoms with van der Waals surface area (Å²) >= 11 is 0. The molecule has 1 aromatic carbocycles. The molecule has 0 N–H and O–H groups in total. The monoisotopic (exact) mass is 292 g/mol. The van der Waals surface area contributed by atoms with Gasteiger partial charge < -0.3 is 0 Å². The quantitative estimate of drug-likeness (QED) is 0.751. The molecule has 0 aliphatic carbocycles. The molecule has 4 heterocycles. The maximum atomic E-state index is 13.0. The molecule has 22 heavy (non-hydrogen) atoms. The normalized spacial score (nSPS) is 30.4. The molecule has 3 aliphatic heterocycles. The molecule has 5 rings (SSSR count). The zero-order valence-electron chi connectivity index (χ0n) is 12.7. The van der Waals surface area contributed by atoms with Gasteiger partial charge in [-0.25, -0.2) is 0 Å². The minimum Gasteiger partial charge on any atom is -0.294 e. The molecular formula is C19H20N2O. The number of piperidine rings is 1. The molecule has 3 nitrogen and oxygen atoms in total. The van der Waals surface area contributed by atoms with E-state index in [-0.39, 0.29) is 11.3 Å². The van der Waals surface area contributed by atoms with Crippen LogP contribution in [0.25, 0.3) is 10.9 Å². The summed E-state index contributed by atoms with van der Waals surface area (Å²) in [5.41, 5.74) is 3.71. The van der Waals surface area contributed by atoms with E-state index in [4.69, 9.17) is 0 Å². The van der Waals surface area contributed by atoms with Crippen LogP contribution in [0, 0.1) is 5.41 Å². The molecule has 1 aromatic heterocycles. The van der Waals surface area contributed by atoms with Crippen LogP contribution in [0.15, 0.2) is 36.9 Å². The van der Waals surface area contributed by atoms with Gasteiger partial charge in [-0.05, 0) is 37.4 Å². The van der Waals surface area contributed by atoms with Crippen LogP contribution in [-0.4, -0.2) is 28.5 Å². The maximum absolute atomic E-state index is 13.0. The van der Waals surface area contributed by atoms with Crippen LogP contribution < -0.4 is 0 Å². The number of fused-ring (bicyclic) bond motifs is 3. The first kappa shape index (κ1) is 12.7. The molecule has 112 valence electrons. The zero-order chi connectivity index (χ0) is 14.9. The Morgan fingerprint density at radius 1 is 1.27 bits per heavy atom. The van der Waals surface area contributed by atoms with Crippen LogP contribution in [0.3, 0.4) is 0 Å². The van der Waals surface area contributed by atoms with Gasteiger partial charge in [0.05, 0.1) is 11.6 Å². The topological polar surface area (TPSA) is 25.2 Å². The van der Waals surface area contributed by atoms with E-state index >= 15 is 0 Å². The number of nitrogens with zero attached hydrogens (tertiary/aromatic N) is 2. The summed E-state index contributed by atoms with van der Waals surface area (Å²) in [6.45, 7) is 6.38. The highest BCUT2D eigenvalue weighted by Crippen LogP contribution is 2.55. The van der Waals surface area contributed by atoms with Gasteiger partial charge in [-0.2, -0.15) is 0 Å². The summed E-state index contributed by atoms with van der Waals surface area (Å²) in [6, 6.07) is 8.74. The van der Waals surface area contributed by atoms with Gasteiger partial charge >= 0.3 is 0 Å². The van der Waals surface area contributed by atoms with Crippen LogP contribution >= 0.6 is 0 Å². The molecule has 0 spiro atoms. The van der Waals surface area contributed by atoms with Gasteiger partial charge in [0.25, 0.3) is 0 Å². The predicted molar refractivity (Wildman–Crippen MR) is 87.1 cm³/mol. The van der Waals surface area contributed by atoms with Gasteiger partial charge in [0.2, 0.25) is 5.91 Å². The molecule has 2 aromatic rings. The number of benzene rings is 1. The van der Waals surface area contributed by atoms with Crippen LogP contribution in [0.1, 0.15) is 41.4 Å². The lowest BCUT2D eigenvalue weighted by atomic mass is 9.66. The Hall–Kier alpha value is -1.87.